The van der Waals surface area contributed by atoms with Gasteiger partial charge in [-0.2, -0.15) is 0 Å². The molecule has 1 aliphatic heterocycles. The Labute approximate surface area is 161 Å². The molecule has 1 saturated heterocycles. The predicted molar refractivity (Wildman–Crippen MR) is 113 cm³/mol. The summed E-state index contributed by atoms with van der Waals surface area (Å²) in [6.07, 6.45) is 0.986. The molecule has 3 aromatic carbocycles. The highest BCUT2D eigenvalue weighted by Crippen LogP contribution is 2.48. The van der Waals surface area contributed by atoms with Crippen molar-refractivity contribution in [1.82, 2.24) is 0 Å². The third kappa shape index (κ3) is 2.28. The molecule has 27 heavy (non-hydrogen) atoms. The summed E-state index contributed by atoms with van der Waals surface area (Å²) in [5.74, 6) is 0. The highest BCUT2D eigenvalue weighted by atomic mass is 16.7. The lowest BCUT2D eigenvalue weighted by Crippen LogP contribution is -2.41. The molecule has 3 aromatic rings. The zero-order chi connectivity index (χ0) is 19.0. The van der Waals surface area contributed by atoms with E-state index >= 15 is 0 Å². The summed E-state index contributed by atoms with van der Waals surface area (Å²) in [6, 6.07) is 17.8. The van der Waals surface area contributed by atoms with Gasteiger partial charge in [-0.05, 0) is 78.2 Å². The summed E-state index contributed by atoms with van der Waals surface area (Å²) in [6.45, 7) is 10.7. The van der Waals surface area contributed by atoms with Crippen LogP contribution >= 0.6 is 0 Å². The first-order valence-electron chi connectivity index (χ1n) is 9.87. The molecule has 0 aromatic heterocycles. The number of aryl methyl sites for hydroxylation is 1. The highest BCUT2D eigenvalue weighted by Gasteiger charge is 2.52. The fraction of sp³-hybridized carbons (Fsp3) is 0.333. The minimum Gasteiger partial charge on any atom is -0.399 e. The van der Waals surface area contributed by atoms with E-state index < -0.39 is 0 Å². The molecule has 5 rings (SSSR count). The zero-order valence-electron chi connectivity index (χ0n) is 16.7. The fourth-order valence-corrected chi connectivity index (χ4v) is 4.43. The van der Waals surface area contributed by atoms with E-state index in [1.165, 1.54) is 38.6 Å². The van der Waals surface area contributed by atoms with Crippen LogP contribution in [0.5, 0.6) is 0 Å². The Kier molecular flexibility index (Phi) is 3.45. The third-order valence-corrected chi connectivity index (χ3v) is 6.61. The Balaban J connectivity index is 1.72. The maximum atomic E-state index is 6.34. The van der Waals surface area contributed by atoms with E-state index in [2.05, 4.69) is 83.1 Å². The van der Waals surface area contributed by atoms with Crippen molar-refractivity contribution in [1.29, 1.82) is 0 Å². The first-order valence-corrected chi connectivity index (χ1v) is 9.87. The van der Waals surface area contributed by atoms with Gasteiger partial charge in [-0.15, -0.1) is 0 Å². The van der Waals surface area contributed by atoms with Crippen molar-refractivity contribution in [2.24, 2.45) is 0 Å². The molecule has 1 fully saturated rings. The van der Waals surface area contributed by atoms with Crippen LogP contribution in [-0.4, -0.2) is 18.3 Å². The van der Waals surface area contributed by atoms with Crippen molar-refractivity contribution < 1.29 is 9.31 Å². The summed E-state index contributed by atoms with van der Waals surface area (Å²) in [7, 11) is -0.325. The van der Waals surface area contributed by atoms with Crippen LogP contribution in [0, 0.1) is 0 Å². The molecule has 0 radical (unpaired) electrons. The normalized spacial score (nSPS) is 18.9. The van der Waals surface area contributed by atoms with Gasteiger partial charge in [0.05, 0.1) is 11.2 Å². The number of rotatable bonds is 2. The van der Waals surface area contributed by atoms with Crippen LogP contribution < -0.4 is 5.46 Å². The molecule has 3 heteroatoms. The van der Waals surface area contributed by atoms with Gasteiger partial charge < -0.3 is 9.31 Å². The Hall–Kier alpha value is -2.10. The van der Waals surface area contributed by atoms with Gasteiger partial charge >= 0.3 is 7.12 Å². The van der Waals surface area contributed by atoms with Crippen molar-refractivity contribution in [2.45, 2.75) is 52.2 Å². The molecule has 0 unspecified atom stereocenters. The van der Waals surface area contributed by atoms with Crippen LogP contribution in [0.2, 0.25) is 0 Å². The van der Waals surface area contributed by atoms with E-state index in [1.54, 1.807) is 0 Å². The van der Waals surface area contributed by atoms with Crippen LogP contribution in [0.15, 0.2) is 48.5 Å². The van der Waals surface area contributed by atoms with Gasteiger partial charge in [0, 0.05) is 0 Å². The SMILES string of the molecule is CCc1cc(B2OC(C)(C)C(C)(C)O2)cc2c1-c1cccc3cccc-2c13. The van der Waals surface area contributed by atoms with Crippen LogP contribution in [0.1, 0.15) is 40.2 Å². The first-order chi connectivity index (χ1) is 12.8. The molecule has 2 nitrogen and oxygen atoms in total. The van der Waals surface area contributed by atoms with E-state index in [1.807, 2.05) is 0 Å². The van der Waals surface area contributed by atoms with Gasteiger partial charge in [-0.1, -0.05) is 55.5 Å². The smallest absolute Gasteiger partial charge is 0.399 e. The van der Waals surface area contributed by atoms with E-state index in [-0.39, 0.29) is 18.3 Å². The average molecular weight is 356 g/mol. The van der Waals surface area contributed by atoms with E-state index in [0.717, 1.165) is 11.9 Å². The number of hydrogen-bond donors (Lipinski definition) is 0. The van der Waals surface area contributed by atoms with E-state index in [0.29, 0.717) is 0 Å². The Morgan fingerprint density at radius 3 is 2.07 bits per heavy atom. The number of benzene rings is 3. The second-order valence-corrected chi connectivity index (χ2v) is 8.75. The Bertz CT molecular complexity index is 1060. The minimum absolute atomic E-state index is 0.325. The quantitative estimate of drug-likeness (QED) is 0.451. The van der Waals surface area contributed by atoms with Crippen molar-refractivity contribution in [3.63, 3.8) is 0 Å². The van der Waals surface area contributed by atoms with Crippen LogP contribution in [0.25, 0.3) is 33.0 Å². The lowest BCUT2D eigenvalue weighted by atomic mass is 9.76. The second kappa shape index (κ2) is 5.46. The number of hydrogen-bond acceptors (Lipinski definition) is 2. The summed E-state index contributed by atoms with van der Waals surface area (Å²) in [5.41, 5.74) is 7.20. The van der Waals surface area contributed by atoms with Gasteiger partial charge in [0.25, 0.3) is 0 Å². The summed E-state index contributed by atoms with van der Waals surface area (Å²) in [4.78, 5) is 0. The maximum absolute atomic E-state index is 6.34. The lowest BCUT2D eigenvalue weighted by molar-refractivity contribution is 0.00578. The van der Waals surface area contributed by atoms with E-state index in [4.69, 9.17) is 9.31 Å². The molecule has 136 valence electrons. The van der Waals surface area contributed by atoms with Crippen molar-refractivity contribution in [2.75, 3.05) is 0 Å². The minimum atomic E-state index is -0.327. The van der Waals surface area contributed by atoms with Gasteiger partial charge in [0.1, 0.15) is 0 Å². The predicted octanol–water partition coefficient (Wildman–Crippen LogP) is 5.35. The summed E-state index contributed by atoms with van der Waals surface area (Å²) >= 11 is 0. The molecule has 0 atom stereocenters. The van der Waals surface area contributed by atoms with Crippen molar-refractivity contribution >= 4 is 23.4 Å². The monoisotopic (exact) mass is 356 g/mol. The zero-order valence-corrected chi connectivity index (χ0v) is 16.7. The van der Waals surface area contributed by atoms with Crippen LogP contribution in [-0.2, 0) is 15.7 Å². The lowest BCUT2D eigenvalue weighted by Gasteiger charge is -2.32. The Morgan fingerprint density at radius 1 is 0.815 bits per heavy atom. The third-order valence-electron chi connectivity index (χ3n) is 6.61. The number of fused-ring (bicyclic) bond motifs is 3. The molecule has 0 amide bonds. The van der Waals surface area contributed by atoms with Crippen molar-refractivity contribution in [3.8, 4) is 22.3 Å². The Morgan fingerprint density at radius 2 is 1.44 bits per heavy atom. The molecular formula is C24H25BO2. The molecule has 0 saturated carbocycles. The topological polar surface area (TPSA) is 18.5 Å². The highest BCUT2D eigenvalue weighted by molar-refractivity contribution is 6.62. The van der Waals surface area contributed by atoms with Crippen LogP contribution in [0.4, 0.5) is 0 Å². The first kappa shape index (κ1) is 17.0. The second-order valence-electron chi connectivity index (χ2n) is 8.75. The molecular weight excluding hydrogens is 331 g/mol. The fourth-order valence-electron chi connectivity index (χ4n) is 4.43. The largest absolute Gasteiger partial charge is 0.494 e. The van der Waals surface area contributed by atoms with E-state index in [9.17, 15) is 0 Å². The molecule has 0 spiro atoms. The standard InChI is InChI=1S/C24H25BO2/c1-6-15-13-17(25-26-23(2,3)24(4,5)27-25)14-20-18-11-7-9-16-10-8-12-19(21(15)20)22(16)18/h7-14H,6H2,1-5H3. The molecule has 1 heterocycles. The summed E-state index contributed by atoms with van der Waals surface area (Å²) in [5, 5.41) is 2.68. The molecule has 2 aliphatic rings. The van der Waals surface area contributed by atoms with Crippen LogP contribution in [0.3, 0.4) is 0 Å². The van der Waals surface area contributed by atoms with Gasteiger partial charge in [-0.25, -0.2) is 0 Å². The maximum Gasteiger partial charge on any atom is 0.494 e. The van der Waals surface area contributed by atoms with Crippen molar-refractivity contribution in [3.05, 3.63) is 54.1 Å². The average Bonchev–Trinajstić information content (AvgIpc) is 3.07. The molecule has 0 N–H and O–H groups in total. The molecule has 1 aliphatic carbocycles. The van der Waals surface area contributed by atoms with Gasteiger partial charge in [0.15, 0.2) is 0 Å². The molecule has 0 bridgehead atoms. The summed E-state index contributed by atoms with van der Waals surface area (Å²) < 4.78 is 12.7. The van der Waals surface area contributed by atoms with Gasteiger partial charge in [-0.3, -0.25) is 0 Å². The van der Waals surface area contributed by atoms with Gasteiger partial charge in [0.2, 0.25) is 0 Å².